The van der Waals surface area contributed by atoms with Crippen molar-refractivity contribution in [2.75, 3.05) is 18.5 Å². The first kappa shape index (κ1) is 16.6. The lowest BCUT2D eigenvalue weighted by Crippen LogP contribution is -2.27. The van der Waals surface area contributed by atoms with E-state index in [2.05, 4.69) is 15.6 Å². The molecular formula is C20H18N4O4. The first-order valence-corrected chi connectivity index (χ1v) is 9.18. The van der Waals surface area contributed by atoms with E-state index in [1.165, 1.54) is 0 Å². The molecule has 1 aromatic carbocycles. The van der Waals surface area contributed by atoms with Crippen molar-refractivity contribution in [1.29, 1.82) is 0 Å². The molecule has 8 heteroatoms. The first-order valence-electron chi connectivity index (χ1n) is 9.18. The fourth-order valence-corrected chi connectivity index (χ4v) is 3.15. The highest BCUT2D eigenvalue weighted by atomic mass is 16.6. The second-order valence-corrected chi connectivity index (χ2v) is 6.80. The fourth-order valence-electron chi connectivity index (χ4n) is 3.15. The van der Waals surface area contributed by atoms with Gasteiger partial charge in [-0.15, -0.1) is 0 Å². The van der Waals surface area contributed by atoms with Crippen LogP contribution in [0.25, 0.3) is 5.52 Å². The molecule has 2 aliphatic rings. The number of fused-ring (bicyclic) bond motifs is 2. The Hall–Kier alpha value is -3.55. The molecule has 0 bridgehead atoms. The van der Waals surface area contributed by atoms with E-state index in [1.807, 2.05) is 0 Å². The summed E-state index contributed by atoms with van der Waals surface area (Å²) in [5, 5.41) is 5.74. The number of benzene rings is 1. The van der Waals surface area contributed by atoms with E-state index in [0.29, 0.717) is 35.9 Å². The maximum absolute atomic E-state index is 12.9. The molecule has 2 aromatic heterocycles. The quantitative estimate of drug-likeness (QED) is 0.726. The Morgan fingerprint density at radius 1 is 1.04 bits per heavy atom. The maximum atomic E-state index is 12.9. The standard InChI is InChI=1S/C20H18N4O4/c25-19(22-13-6-7-15-16(11-13)28-10-9-27-15)17-14-3-1-2-8-24(14)18(23-17)20(26)21-12-4-5-12/h1-3,6-8,11-12H,4-5,9-10H2,(H,21,26)(H,22,25). The minimum Gasteiger partial charge on any atom is -0.486 e. The SMILES string of the molecule is O=C(Nc1ccc2c(c1)OCCO2)c1nc(C(=O)NC2CC2)n2ccccc12. The number of amides is 2. The highest BCUT2D eigenvalue weighted by Gasteiger charge is 2.27. The number of rotatable bonds is 4. The third kappa shape index (κ3) is 3.02. The molecule has 0 radical (unpaired) electrons. The average molecular weight is 378 g/mol. The van der Waals surface area contributed by atoms with Crippen molar-refractivity contribution in [2.45, 2.75) is 18.9 Å². The van der Waals surface area contributed by atoms with E-state index in [1.54, 1.807) is 47.0 Å². The molecule has 8 nitrogen and oxygen atoms in total. The van der Waals surface area contributed by atoms with Crippen LogP contribution in [0, 0.1) is 0 Å². The van der Waals surface area contributed by atoms with E-state index in [0.717, 1.165) is 12.8 Å². The summed E-state index contributed by atoms with van der Waals surface area (Å²) in [6.45, 7) is 0.973. The third-order valence-corrected chi connectivity index (χ3v) is 4.68. The van der Waals surface area contributed by atoms with Gasteiger partial charge in [0.1, 0.15) is 13.2 Å². The molecule has 1 aliphatic carbocycles. The molecular weight excluding hydrogens is 360 g/mol. The number of anilines is 1. The summed E-state index contributed by atoms with van der Waals surface area (Å²) in [6.07, 6.45) is 3.68. The van der Waals surface area contributed by atoms with Crippen LogP contribution in [0.2, 0.25) is 0 Å². The number of carbonyl (C=O) groups is 2. The zero-order chi connectivity index (χ0) is 19.1. The lowest BCUT2D eigenvalue weighted by molar-refractivity contribution is 0.0940. The Balaban J connectivity index is 1.45. The number of hydrogen-bond donors (Lipinski definition) is 2. The van der Waals surface area contributed by atoms with Gasteiger partial charge in [0.15, 0.2) is 17.2 Å². The second-order valence-electron chi connectivity index (χ2n) is 6.80. The van der Waals surface area contributed by atoms with Gasteiger partial charge in [0.05, 0.1) is 5.52 Å². The number of hydrogen-bond acceptors (Lipinski definition) is 5. The minimum absolute atomic E-state index is 0.191. The van der Waals surface area contributed by atoms with Gasteiger partial charge >= 0.3 is 0 Å². The maximum Gasteiger partial charge on any atom is 0.287 e. The highest BCUT2D eigenvalue weighted by molar-refractivity contribution is 6.09. The number of nitrogens with zero attached hydrogens (tertiary/aromatic N) is 2. The summed E-state index contributed by atoms with van der Waals surface area (Å²) in [5.74, 6) is 0.765. The van der Waals surface area contributed by atoms with Gasteiger partial charge in [0.25, 0.3) is 11.8 Å². The van der Waals surface area contributed by atoms with Crippen molar-refractivity contribution in [3.05, 3.63) is 54.1 Å². The van der Waals surface area contributed by atoms with Crippen molar-refractivity contribution in [2.24, 2.45) is 0 Å². The summed E-state index contributed by atoms with van der Waals surface area (Å²) >= 11 is 0. The summed E-state index contributed by atoms with van der Waals surface area (Å²) in [6, 6.07) is 10.8. The van der Waals surface area contributed by atoms with Crippen molar-refractivity contribution >= 4 is 23.0 Å². The Morgan fingerprint density at radius 2 is 1.86 bits per heavy atom. The Labute approximate surface area is 160 Å². The van der Waals surface area contributed by atoms with Gasteiger partial charge < -0.3 is 20.1 Å². The van der Waals surface area contributed by atoms with Crippen LogP contribution >= 0.6 is 0 Å². The molecule has 0 spiro atoms. The Bertz CT molecular complexity index is 1090. The van der Waals surface area contributed by atoms with Crippen LogP contribution in [0.1, 0.15) is 33.9 Å². The summed E-state index contributed by atoms with van der Waals surface area (Å²) < 4.78 is 12.7. The Kier molecular flexibility index (Phi) is 3.89. The van der Waals surface area contributed by atoms with Crippen LogP contribution in [-0.4, -0.2) is 40.5 Å². The third-order valence-electron chi connectivity index (χ3n) is 4.68. The number of aromatic nitrogens is 2. The lowest BCUT2D eigenvalue weighted by Gasteiger charge is -2.18. The van der Waals surface area contributed by atoms with Crippen molar-refractivity contribution in [1.82, 2.24) is 14.7 Å². The zero-order valence-corrected chi connectivity index (χ0v) is 15.0. The van der Waals surface area contributed by atoms with Gasteiger partial charge in [-0.25, -0.2) is 4.98 Å². The second kappa shape index (κ2) is 6.56. The number of imidazole rings is 1. The van der Waals surface area contributed by atoms with Gasteiger partial charge in [-0.3, -0.25) is 14.0 Å². The van der Waals surface area contributed by atoms with Gasteiger partial charge in [-0.1, -0.05) is 6.07 Å². The van der Waals surface area contributed by atoms with Crippen molar-refractivity contribution in [3.8, 4) is 11.5 Å². The molecule has 1 aliphatic heterocycles. The average Bonchev–Trinajstić information content (AvgIpc) is 3.44. The molecule has 5 rings (SSSR count). The molecule has 0 atom stereocenters. The summed E-state index contributed by atoms with van der Waals surface area (Å²) in [5.41, 5.74) is 1.32. The minimum atomic E-state index is -0.397. The first-order chi connectivity index (χ1) is 13.7. The highest BCUT2D eigenvalue weighted by Crippen LogP contribution is 2.32. The van der Waals surface area contributed by atoms with Crippen LogP contribution in [0.15, 0.2) is 42.6 Å². The van der Waals surface area contributed by atoms with E-state index in [9.17, 15) is 9.59 Å². The zero-order valence-electron chi connectivity index (χ0n) is 15.0. The largest absolute Gasteiger partial charge is 0.486 e. The van der Waals surface area contributed by atoms with Crippen molar-refractivity contribution in [3.63, 3.8) is 0 Å². The summed E-state index contributed by atoms with van der Waals surface area (Å²) in [7, 11) is 0. The summed E-state index contributed by atoms with van der Waals surface area (Å²) in [4.78, 5) is 29.7. The molecule has 0 unspecified atom stereocenters. The number of carbonyl (C=O) groups excluding carboxylic acids is 2. The van der Waals surface area contributed by atoms with Gasteiger partial charge in [0, 0.05) is 24.0 Å². The fraction of sp³-hybridized carbons (Fsp3) is 0.250. The molecule has 3 aromatic rings. The van der Waals surface area contributed by atoms with Crippen LogP contribution in [0.5, 0.6) is 11.5 Å². The molecule has 3 heterocycles. The van der Waals surface area contributed by atoms with E-state index >= 15 is 0 Å². The normalized spacial score (nSPS) is 15.3. The smallest absolute Gasteiger partial charge is 0.287 e. The molecule has 28 heavy (non-hydrogen) atoms. The Morgan fingerprint density at radius 3 is 2.68 bits per heavy atom. The van der Waals surface area contributed by atoms with Gasteiger partial charge in [0.2, 0.25) is 5.82 Å². The molecule has 1 fully saturated rings. The molecule has 142 valence electrons. The molecule has 2 amide bonds. The molecule has 0 saturated heterocycles. The number of ether oxygens (including phenoxy) is 2. The predicted octanol–water partition coefficient (Wildman–Crippen LogP) is 2.25. The van der Waals surface area contributed by atoms with Gasteiger partial charge in [-0.05, 0) is 37.1 Å². The molecule has 2 N–H and O–H groups in total. The number of nitrogens with one attached hydrogen (secondary N) is 2. The van der Waals surface area contributed by atoms with E-state index < -0.39 is 5.91 Å². The van der Waals surface area contributed by atoms with Crippen LogP contribution in [0.4, 0.5) is 5.69 Å². The number of pyridine rings is 1. The topological polar surface area (TPSA) is 94.0 Å². The van der Waals surface area contributed by atoms with Gasteiger partial charge in [-0.2, -0.15) is 0 Å². The predicted molar refractivity (Wildman–Crippen MR) is 101 cm³/mol. The van der Waals surface area contributed by atoms with Crippen LogP contribution in [0.3, 0.4) is 0 Å². The molecule has 1 saturated carbocycles. The van der Waals surface area contributed by atoms with E-state index in [-0.39, 0.29) is 23.5 Å². The lowest BCUT2D eigenvalue weighted by atomic mass is 10.2. The monoisotopic (exact) mass is 378 g/mol. The van der Waals surface area contributed by atoms with Crippen LogP contribution in [-0.2, 0) is 0 Å². The van der Waals surface area contributed by atoms with E-state index in [4.69, 9.17) is 9.47 Å². The van der Waals surface area contributed by atoms with Crippen molar-refractivity contribution < 1.29 is 19.1 Å². The van der Waals surface area contributed by atoms with Crippen LogP contribution < -0.4 is 20.1 Å².